The van der Waals surface area contributed by atoms with Crippen LogP contribution in [-0.4, -0.2) is 25.3 Å². The zero-order valence-corrected chi connectivity index (χ0v) is 12.2. The van der Waals surface area contributed by atoms with Crippen molar-refractivity contribution in [2.45, 2.75) is 77.4 Å². The minimum Gasteiger partial charge on any atom is -0.371 e. The molecule has 0 aromatic heterocycles. The fourth-order valence-electron chi connectivity index (χ4n) is 3.07. The van der Waals surface area contributed by atoms with E-state index in [0.717, 1.165) is 18.9 Å². The number of likely N-dealkylation sites (N-methyl/N-ethyl adjacent to an activating group) is 1. The summed E-state index contributed by atoms with van der Waals surface area (Å²) >= 11 is 0. The molecule has 2 nitrogen and oxygen atoms in total. The minimum atomic E-state index is 0.119. The summed E-state index contributed by atoms with van der Waals surface area (Å²) in [5.41, 5.74) is 0.119. The van der Waals surface area contributed by atoms with E-state index in [1.165, 1.54) is 38.5 Å². The highest BCUT2D eigenvalue weighted by Crippen LogP contribution is 2.37. The van der Waals surface area contributed by atoms with E-state index in [0.29, 0.717) is 6.10 Å². The lowest BCUT2D eigenvalue weighted by atomic mass is 9.77. The number of nitrogens with one attached hydrogen (secondary N) is 1. The summed E-state index contributed by atoms with van der Waals surface area (Å²) < 4.78 is 6.33. The van der Waals surface area contributed by atoms with Crippen LogP contribution in [0.15, 0.2) is 0 Å². The van der Waals surface area contributed by atoms with Gasteiger partial charge in [-0.25, -0.2) is 0 Å². The molecule has 1 N–H and O–H groups in total. The average Bonchev–Trinajstić information content (AvgIpc) is 2.33. The second-order valence-corrected chi connectivity index (χ2v) is 5.78. The van der Waals surface area contributed by atoms with Gasteiger partial charge < -0.3 is 10.1 Å². The molecule has 1 rings (SSSR count). The molecule has 0 heterocycles. The number of hydrogen-bond acceptors (Lipinski definition) is 2. The first-order valence-corrected chi connectivity index (χ1v) is 7.48. The summed E-state index contributed by atoms with van der Waals surface area (Å²) in [6, 6.07) is 0. The van der Waals surface area contributed by atoms with Crippen LogP contribution in [0.2, 0.25) is 0 Å². The molecule has 0 bridgehead atoms. The SMILES string of the molecule is CCCC1CCC(CNC)(OC(C)CC)CC1. The summed E-state index contributed by atoms with van der Waals surface area (Å²) in [6.07, 6.45) is 9.42. The molecule has 1 aliphatic carbocycles. The molecule has 0 radical (unpaired) electrons. The fourth-order valence-corrected chi connectivity index (χ4v) is 3.07. The molecule has 102 valence electrons. The molecule has 0 amide bonds. The van der Waals surface area contributed by atoms with Crippen molar-refractivity contribution in [3.05, 3.63) is 0 Å². The van der Waals surface area contributed by atoms with Crippen LogP contribution >= 0.6 is 0 Å². The van der Waals surface area contributed by atoms with Crippen LogP contribution < -0.4 is 5.32 Å². The maximum atomic E-state index is 6.33. The molecular formula is C15H31NO. The van der Waals surface area contributed by atoms with Gasteiger partial charge in [-0.1, -0.05) is 26.7 Å². The van der Waals surface area contributed by atoms with Crippen LogP contribution in [0.3, 0.4) is 0 Å². The minimum absolute atomic E-state index is 0.119. The number of ether oxygens (including phenoxy) is 1. The van der Waals surface area contributed by atoms with Crippen molar-refractivity contribution in [3.8, 4) is 0 Å². The van der Waals surface area contributed by atoms with Crippen molar-refractivity contribution in [2.75, 3.05) is 13.6 Å². The van der Waals surface area contributed by atoms with E-state index >= 15 is 0 Å². The molecule has 1 saturated carbocycles. The molecule has 0 aliphatic heterocycles. The van der Waals surface area contributed by atoms with Gasteiger partial charge >= 0.3 is 0 Å². The molecule has 2 heteroatoms. The van der Waals surface area contributed by atoms with Crippen LogP contribution in [-0.2, 0) is 4.74 Å². The average molecular weight is 241 g/mol. The number of hydrogen-bond donors (Lipinski definition) is 1. The normalized spacial score (nSPS) is 31.4. The van der Waals surface area contributed by atoms with Gasteiger partial charge in [0, 0.05) is 6.54 Å². The third-order valence-electron chi connectivity index (χ3n) is 4.24. The second-order valence-electron chi connectivity index (χ2n) is 5.78. The summed E-state index contributed by atoms with van der Waals surface area (Å²) in [4.78, 5) is 0. The Morgan fingerprint density at radius 1 is 1.29 bits per heavy atom. The standard InChI is InChI=1S/C15H31NO/c1-5-7-14-8-10-15(11-9-14,12-16-4)17-13(3)6-2/h13-14,16H,5-12H2,1-4H3. The molecule has 0 saturated heterocycles. The van der Waals surface area contributed by atoms with Gasteiger partial charge in [-0.05, 0) is 52.0 Å². The molecule has 0 aromatic carbocycles. The maximum Gasteiger partial charge on any atom is 0.0809 e. The van der Waals surface area contributed by atoms with Gasteiger partial charge in [0.1, 0.15) is 0 Å². The lowest BCUT2D eigenvalue weighted by Gasteiger charge is -2.42. The smallest absolute Gasteiger partial charge is 0.0809 e. The van der Waals surface area contributed by atoms with Gasteiger partial charge in [0.15, 0.2) is 0 Å². The van der Waals surface area contributed by atoms with Crippen molar-refractivity contribution in [3.63, 3.8) is 0 Å². The highest BCUT2D eigenvalue weighted by molar-refractivity contribution is 4.89. The Morgan fingerprint density at radius 2 is 1.94 bits per heavy atom. The fraction of sp³-hybridized carbons (Fsp3) is 1.00. The predicted molar refractivity (Wildman–Crippen MR) is 74.4 cm³/mol. The van der Waals surface area contributed by atoms with Crippen LogP contribution in [0.1, 0.15) is 65.7 Å². The molecule has 0 aromatic rings. The van der Waals surface area contributed by atoms with E-state index < -0.39 is 0 Å². The molecule has 0 spiro atoms. The zero-order chi connectivity index (χ0) is 12.7. The van der Waals surface area contributed by atoms with Gasteiger partial charge in [-0.2, -0.15) is 0 Å². The van der Waals surface area contributed by atoms with E-state index in [-0.39, 0.29) is 5.60 Å². The zero-order valence-electron chi connectivity index (χ0n) is 12.2. The Balaban J connectivity index is 2.50. The first-order chi connectivity index (χ1) is 8.15. The first-order valence-electron chi connectivity index (χ1n) is 7.48. The Labute approximate surface area is 108 Å². The van der Waals surface area contributed by atoms with E-state index in [1.807, 2.05) is 7.05 Å². The monoisotopic (exact) mass is 241 g/mol. The van der Waals surface area contributed by atoms with Gasteiger partial charge in [0.2, 0.25) is 0 Å². The highest BCUT2D eigenvalue weighted by Gasteiger charge is 2.36. The van der Waals surface area contributed by atoms with Crippen LogP contribution in [0.4, 0.5) is 0 Å². The van der Waals surface area contributed by atoms with Crippen molar-refractivity contribution < 1.29 is 4.74 Å². The number of rotatable bonds is 7. The van der Waals surface area contributed by atoms with Gasteiger partial charge in [0.25, 0.3) is 0 Å². The Bertz CT molecular complexity index is 197. The lowest BCUT2D eigenvalue weighted by Crippen LogP contribution is -2.46. The Kier molecular flexibility index (Phi) is 6.50. The van der Waals surface area contributed by atoms with Crippen LogP contribution in [0.5, 0.6) is 0 Å². The quantitative estimate of drug-likeness (QED) is 0.733. The summed E-state index contributed by atoms with van der Waals surface area (Å²) in [6.45, 7) is 7.72. The Morgan fingerprint density at radius 3 is 2.41 bits per heavy atom. The lowest BCUT2D eigenvalue weighted by molar-refractivity contribution is -0.112. The van der Waals surface area contributed by atoms with Crippen LogP contribution in [0, 0.1) is 5.92 Å². The molecule has 17 heavy (non-hydrogen) atoms. The largest absolute Gasteiger partial charge is 0.371 e. The van der Waals surface area contributed by atoms with E-state index in [9.17, 15) is 0 Å². The first kappa shape index (κ1) is 15.0. The van der Waals surface area contributed by atoms with Crippen molar-refractivity contribution in [2.24, 2.45) is 5.92 Å². The highest BCUT2D eigenvalue weighted by atomic mass is 16.5. The van der Waals surface area contributed by atoms with E-state index in [2.05, 4.69) is 26.1 Å². The molecule has 1 aliphatic rings. The summed E-state index contributed by atoms with van der Waals surface area (Å²) in [5, 5.41) is 3.33. The van der Waals surface area contributed by atoms with Gasteiger partial charge in [-0.15, -0.1) is 0 Å². The van der Waals surface area contributed by atoms with Crippen molar-refractivity contribution in [1.29, 1.82) is 0 Å². The molecule has 1 unspecified atom stereocenters. The molecule has 1 fully saturated rings. The van der Waals surface area contributed by atoms with E-state index in [1.54, 1.807) is 0 Å². The second kappa shape index (κ2) is 7.38. The van der Waals surface area contributed by atoms with Gasteiger partial charge in [0.05, 0.1) is 11.7 Å². The van der Waals surface area contributed by atoms with E-state index in [4.69, 9.17) is 4.74 Å². The summed E-state index contributed by atoms with van der Waals surface area (Å²) in [5.74, 6) is 0.950. The summed E-state index contributed by atoms with van der Waals surface area (Å²) in [7, 11) is 2.04. The third kappa shape index (κ3) is 4.59. The third-order valence-corrected chi connectivity index (χ3v) is 4.24. The van der Waals surface area contributed by atoms with Crippen molar-refractivity contribution >= 4 is 0 Å². The topological polar surface area (TPSA) is 21.3 Å². The van der Waals surface area contributed by atoms with Crippen LogP contribution in [0.25, 0.3) is 0 Å². The molecular weight excluding hydrogens is 210 g/mol. The predicted octanol–water partition coefficient (Wildman–Crippen LogP) is 3.75. The molecule has 1 atom stereocenters. The van der Waals surface area contributed by atoms with Gasteiger partial charge in [-0.3, -0.25) is 0 Å². The Hall–Kier alpha value is -0.0800. The van der Waals surface area contributed by atoms with Crippen molar-refractivity contribution in [1.82, 2.24) is 5.32 Å². The maximum absolute atomic E-state index is 6.33.